The smallest absolute Gasteiger partial charge is 0.303 e. The highest BCUT2D eigenvalue weighted by Crippen LogP contribution is 2.34. The van der Waals surface area contributed by atoms with Gasteiger partial charge in [-0.2, -0.15) is 0 Å². The molecule has 7 heteroatoms. The molecule has 3 rings (SSSR count). The number of hydrogen-bond acceptors (Lipinski definition) is 5. The predicted octanol–water partition coefficient (Wildman–Crippen LogP) is 7.39. The third-order valence-corrected chi connectivity index (χ3v) is 7.23. The first-order valence-electron chi connectivity index (χ1n) is 14.2. The average Bonchev–Trinajstić information content (AvgIpc) is 2.96. The van der Waals surface area contributed by atoms with Crippen LogP contribution in [-0.2, 0) is 14.4 Å². The molecule has 0 heterocycles. The lowest BCUT2D eigenvalue weighted by Gasteiger charge is -2.22. The molecule has 0 aliphatic heterocycles. The second-order valence-corrected chi connectivity index (χ2v) is 11.0. The number of hydrogen-bond donors (Lipinski definition) is 2. The topological polar surface area (TPSA) is 102 Å². The summed E-state index contributed by atoms with van der Waals surface area (Å²) in [6.45, 7) is 6.08. The maximum atomic E-state index is 13.5. The third kappa shape index (κ3) is 9.61. The van der Waals surface area contributed by atoms with Crippen molar-refractivity contribution in [2.75, 3.05) is 19.5 Å². The molecule has 7 nitrogen and oxygen atoms in total. The van der Waals surface area contributed by atoms with E-state index in [2.05, 4.69) is 30.4 Å². The lowest BCUT2D eigenvalue weighted by atomic mass is 9.82. The van der Waals surface area contributed by atoms with Crippen molar-refractivity contribution in [1.29, 1.82) is 0 Å². The van der Waals surface area contributed by atoms with Crippen molar-refractivity contribution in [3.63, 3.8) is 0 Å². The number of rotatable bonds is 15. The van der Waals surface area contributed by atoms with E-state index in [0.717, 1.165) is 11.1 Å². The van der Waals surface area contributed by atoms with Gasteiger partial charge in [0.05, 0.1) is 20.6 Å². The monoisotopic (exact) mass is 571 g/mol. The van der Waals surface area contributed by atoms with Crippen LogP contribution in [0.25, 0.3) is 12.2 Å². The highest BCUT2D eigenvalue weighted by Gasteiger charge is 2.28. The van der Waals surface area contributed by atoms with Crippen molar-refractivity contribution in [2.24, 2.45) is 11.8 Å². The molecular weight excluding hydrogens is 530 g/mol. The van der Waals surface area contributed by atoms with Crippen LogP contribution >= 0.6 is 0 Å². The molecule has 1 amide bonds. The first kappa shape index (κ1) is 32.1. The summed E-state index contributed by atoms with van der Waals surface area (Å²) in [5.74, 6) is -1.30. The van der Waals surface area contributed by atoms with Crippen LogP contribution in [0.3, 0.4) is 0 Å². The molecule has 3 aromatic carbocycles. The minimum atomic E-state index is -1.00. The lowest BCUT2D eigenvalue weighted by Crippen LogP contribution is -2.25. The molecule has 0 saturated heterocycles. The molecule has 1 unspecified atom stereocenters. The molecule has 2 atom stereocenters. The van der Waals surface area contributed by atoms with Gasteiger partial charge >= 0.3 is 5.97 Å². The molecule has 0 radical (unpaired) electrons. The van der Waals surface area contributed by atoms with Crippen LogP contribution in [0.5, 0.6) is 11.5 Å². The van der Waals surface area contributed by atoms with Crippen molar-refractivity contribution >= 4 is 35.5 Å². The number of benzene rings is 3. The van der Waals surface area contributed by atoms with Gasteiger partial charge in [0, 0.05) is 30.4 Å². The molecule has 0 aromatic heterocycles. The molecule has 0 fully saturated rings. The molecule has 0 saturated carbocycles. The lowest BCUT2D eigenvalue weighted by molar-refractivity contribution is -0.137. The Morgan fingerprint density at radius 3 is 2.17 bits per heavy atom. The van der Waals surface area contributed by atoms with Crippen molar-refractivity contribution < 1.29 is 29.0 Å². The van der Waals surface area contributed by atoms with Gasteiger partial charge in [0.1, 0.15) is 5.78 Å². The van der Waals surface area contributed by atoms with Crippen LogP contribution in [0.1, 0.15) is 67.7 Å². The molecule has 0 aliphatic carbocycles. The zero-order valence-corrected chi connectivity index (χ0v) is 25.1. The number of aryl methyl sites for hydroxylation is 1. The summed E-state index contributed by atoms with van der Waals surface area (Å²) in [7, 11) is 3.03. The molecule has 0 spiro atoms. The highest BCUT2D eigenvalue weighted by molar-refractivity contribution is 5.95. The van der Waals surface area contributed by atoms with Crippen LogP contribution in [0.2, 0.25) is 0 Å². The molecular formula is C35H41NO6. The second kappa shape index (κ2) is 15.6. The fourth-order valence-corrected chi connectivity index (χ4v) is 5.01. The van der Waals surface area contributed by atoms with Crippen molar-refractivity contribution in [1.82, 2.24) is 0 Å². The first-order valence-corrected chi connectivity index (χ1v) is 14.2. The van der Waals surface area contributed by atoms with Crippen LogP contribution in [0.4, 0.5) is 5.69 Å². The standard InChI is InChI=1S/C35H41NO6/c1-23(2)18-29(31(37)19-28(22-35(39)40)27-14-17-32(41-4)33(20-27)42-5)21-34(38)36-30-15-11-25(12-16-30)10-13-26-9-7-6-8-24(26)3/h6-17,20,23,28-29H,18-19,21-22H2,1-5H3,(H,36,38)(H,39,40)/b13-10+/t28-,29?/m0/s1. The zero-order chi connectivity index (χ0) is 30.6. The zero-order valence-electron chi connectivity index (χ0n) is 25.1. The van der Waals surface area contributed by atoms with Crippen molar-refractivity contribution in [3.8, 4) is 11.5 Å². The summed E-state index contributed by atoms with van der Waals surface area (Å²) in [6, 6.07) is 20.9. The van der Waals surface area contributed by atoms with E-state index in [0.29, 0.717) is 29.2 Å². The van der Waals surface area contributed by atoms with Crippen LogP contribution in [0.15, 0.2) is 66.7 Å². The third-order valence-electron chi connectivity index (χ3n) is 7.23. The number of nitrogens with one attached hydrogen (secondary N) is 1. The summed E-state index contributed by atoms with van der Waals surface area (Å²) in [6.07, 6.45) is 4.43. The van der Waals surface area contributed by atoms with Crippen LogP contribution in [0, 0.1) is 18.8 Å². The predicted molar refractivity (Wildman–Crippen MR) is 167 cm³/mol. The van der Waals surface area contributed by atoms with Gasteiger partial charge in [0.25, 0.3) is 0 Å². The van der Waals surface area contributed by atoms with Gasteiger partial charge in [-0.1, -0.05) is 68.5 Å². The van der Waals surface area contributed by atoms with Crippen molar-refractivity contribution in [2.45, 2.75) is 52.4 Å². The van der Waals surface area contributed by atoms with Gasteiger partial charge in [-0.15, -0.1) is 0 Å². The summed E-state index contributed by atoms with van der Waals surface area (Å²) in [5.41, 5.74) is 4.67. The molecule has 2 N–H and O–H groups in total. The fourth-order valence-electron chi connectivity index (χ4n) is 5.01. The van der Waals surface area contributed by atoms with Gasteiger partial charge in [0.15, 0.2) is 11.5 Å². The Bertz CT molecular complexity index is 1390. The van der Waals surface area contributed by atoms with Gasteiger partial charge in [-0.25, -0.2) is 0 Å². The summed E-state index contributed by atoms with van der Waals surface area (Å²) >= 11 is 0. The number of carbonyl (C=O) groups excluding carboxylic acids is 2. The SMILES string of the molecule is COc1ccc([C@H](CC(=O)O)CC(=O)C(CC(=O)Nc2ccc(/C=C/c3ccccc3C)cc2)CC(C)C)cc1OC. The van der Waals surface area contributed by atoms with E-state index in [1.54, 1.807) is 18.2 Å². The Kier molecular flexibility index (Phi) is 11.9. The quantitative estimate of drug-likeness (QED) is 0.184. The minimum absolute atomic E-state index is 0.00830. The number of aliphatic carboxylic acids is 1. The second-order valence-electron chi connectivity index (χ2n) is 11.0. The van der Waals surface area contributed by atoms with E-state index in [1.807, 2.05) is 56.3 Å². The number of amides is 1. The van der Waals surface area contributed by atoms with E-state index in [-0.39, 0.29) is 36.9 Å². The molecule has 0 bridgehead atoms. The van der Waals surface area contributed by atoms with E-state index < -0.39 is 17.8 Å². The van der Waals surface area contributed by atoms with E-state index in [9.17, 15) is 19.5 Å². The number of methoxy groups -OCH3 is 2. The maximum absolute atomic E-state index is 13.5. The maximum Gasteiger partial charge on any atom is 0.303 e. The number of anilines is 1. The largest absolute Gasteiger partial charge is 0.493 e. The Morgan fingerprint density at radius 1 is 0.857 bits per heavy atom. The van der Waals surface area contributed by atoms with Gasteiger partial charge in [-0.05, 0) is 65.8 Å². The molecule has 42 heavy (non-hydrogen) atoms. The average molecular weight is 572 g/mol. The highest BCUT2D eigenvalue weighted by atomic mass is 16.5. The number of ketones is 1. The number of ether oxygens (including phenoxy) is 2. The summed E-state index contributed by atoms with van der Waals surface area (Å²) < 4.78 is 10.7. The fraction of sp³-hybridized carbons (Fsp3) is 0.343. The Labute approximate surface area is 248 Å². The van der Waals surface area contributed by atoms with Gasteiger partial charge < -0.3 is 19.9 Å². The van der Waals surface area contributed by atoms with Gasteiger partial charge in [0.2, 0.25) is 5.91 Å². The van der Waals surface area contributed by atoms with E-state index in [4.69, 9.17) is 9.47 Å². The summed E-state index contributed by atoms with van der Waals surface area (Å²) in [4.78, 5) is 38.2. The number of carboxylic acids is 1. The normalized spacial score (nSPS) is 12.6. The van der Waals surface area contributed by atoms with Gasteiger partial charge in [-0.3, -0.25) is 14.4 Å². The van der Waals surface area contributed by atoms with Crippen molar-refractivity contribution in [3.05, 3.63) is 89.0 Å². The van der Waals surface area contributed by atoms with E-state index >= 15 is 0 Å². The minimum Gasteiger partial charge on any atom is -0.493 e. The van der Waals surface area contributed by atoms with E-state index in [1.165, 1.54) is 19.8 Å². The number of carbonyl (C=O) groups is 3. The first-order chi connectivity index (χ1) is 20.1. The molecule has 222 valence electrons. The Morgan fingerprint density at radius 2 is 1.55 bits per heavy atom. The number of carboxylic acid groups (broad SMARTS) is 1. The number of Topliss-reactive ketones (excluding diaryl/α,β-unsaturated/α-hetero) is 1. The Balaban J connectivity index is 1.69. The molecule has 3 aromatic rings. The van der Waals surface area contributed by atoms with Crippen LogP contribution in [-0.4, -0.2) is 37.0 Å². The summed E-state index contributed by atoms with van der Waals surface area (Å²) in [5, 5.41) is 12.5. The molecule has 0 aliphatic rings. The van der Waals surface area contributed by atoms with Crippen LogP contribution < -0.4 is 14.8 Å². The Hall–Kier alpha value is -4.39.